The number of hydrogen-bond acceptors (Lipinski definition) is 4. The summed E-state index contributed by atoms with van der Waals surface area (Å²) in [5, 5.41) is 17.8. The Morgan fingerprint density at radius 3 is 0.910 bits per heavy atom. The van der Waals surface area contributed by atoms with E-state index in [9.17, 15) is 0 Å². The molecule has 0 radical (unpaired) electrons. The van der Waals surface area contributed by atoms with Crippen molar-refractivity contribution in [1.82, 2.24) is 18.7 Å². The standard InChI is InChI=1S/C43H27N3.C43H29N3.C39H25N3/c1-44-32-20-24-35(25-21-32)45(39-15-7-10-29-9-5-6-14-37(29)39)34-22-17-30(18-23-34)36-27-28-41-43-38(36)26-19-31-11-8-16-40(42(31)43)46(41)33-12-3-2-4-13-33;1-3-13-33(14-4-1)45(36-17-9-12-32(29-36)39-18-7-8-28-44-39)35-23-20-30(21-24-35)37-26-27-41-43-38(37)25-22-31-11-10-19-40(42(31)43)46(41)34-15-5-2-6-16-34;1-40-29-18-22-33(23-19-29)41(30-10-4-2-5-11-30)32-20-15-27(16-21-32)34-25-26-37-39-35(34)24-17-28-9-8-14-36(38(28)39)42(37)31-12-6-3-7-13-31/h2-28H;1-29H;2-26H. The molecule has 0 aliphatic carbocycles. The second-order valence-corrected chi connectivity index (χ2v) is 33.8. The third-order valence-corrected chi connectivity index (χ3v) is 26.3. The monoisotopic (exact) mass is 1710 g/mol. The maximum atomic E-state index is 7.44. The van der Waals surface area contributed by atoms with E-state index in [1.807, 2.05) is 72.9 Å². The summed E-state index contributed by atoms with van der Waals surface area (Å²) in [7, 11) is 0. The third kappa shape index (κ3) is 13.8. The molecule has 26 rings (SSSR count). The van der Waals surface area contributed by atoms with Crippen LogP contribution < -0.4 is 14.7 Å². The van der Waals surface area contributed by atoms with Crippen molar-refractivity contribution in [2.45, 2.75) is 0 Å². The molecule has 22 aromatic carbocycles. The van der Waals surface area contributed by atoms with Crippen LogP contribution in [-0.2, 0) is 0 Å². The first-order valence-corrected chi connectivity index (χ1v) is 45.2. The summed E-state index contributed by atoms with van der Waals surface area (Å²) < 4.78 is 7.17. The maximum Gasteiger partial charge on any atom is 0.187 e. The average molecular weight is 1710 g/mol. The Balaban J connectivity index is 0.000000111. The average Bonchev–Trinajstić information content (AvgIpc) is 1.57. The molecule has 0 N–H and O–H groups in total. The lowest BCUT2D eigenvalue weighted by Crippen LogP contribution is -2.10. The van der Waals surface area contributed by atoms with E-state index in [2.05, 4.69) is 462 Å². The first kappa shape index (κ1) is 79.0. The van der Waals surface area contributed by atoms with Crippen molar-refractivity contribution in [3.63, 3.8) is 0 Å². The van der Waals surface area contributed by atoms with Crippen molar-refractivity contribution in [2.75, 3.05) is 14.7 Å². The van der Waals surface area contributed by atoms with Crippen LogP contribution >= 0.6 is 0 Å². The van der Waals surface area contributed by atoms with E-state index >= 15 is 0 Å². The minimum atomic E-state index is 0.631. The highest BCUT2D eigenvalue weighted by Crippen LogP contribution is 2.50. The first-order valence-electron chi connectivity index (χ1n) is 45.2. The van der Waals surface area contributed by atoms with Crippen molar-refractivity contribution in [1.29, 1.82) is 0 Å². The van der Waals surface area contributed by atoms with Crippen LogP contribution in [0.5, 0.6) is 0 Å². The largest absolute Gasteiger partial charge is 0.311 e. The summed E-state index contributed by atoms with van der Waals surface area (Å²) in [6, 6.07) is 172. The van der Waals surface area contributed by atoms with Gasteiger partial charge >= 0.3 is 0 Å². The molecule has 0 atom stereocenters. The predicted octanol–water partition coefficient (Wildman–Crippen LogP) is 34.9. The van der Waals surface area contributed by atoms with Gasteiger partial charge in [0, 0.05) is 112 Å². The normalized spacial score (nSPS) is 11.4. The molecular weight excluding hydrogens is 1630 g/mol. The Bertz CT molecular complexity index is 8890. The molecule has 0 spiro atoms. The summed E-state index contributed by atoms with van der Waals surface area (Å²) in [6.07, 6.45) is 1.84. The molecule has 4 aromatic heterocycles. The van der Waals surface area contributed by atoms with Gasteiger partial charge in [0.2, 0.25) is 0 Å². The Kier molecular flexibility index (Phi) is 19.8. The molecule has 9 heteroatoms. The molecule has 0 bridgehead atoms. The second kappa shape index (κ2) is 33.7. The lowest BCUT2D eigenvalue weighted by molar-refractivity contribution is 1.18. The van der Waals surface area contributed by atoms with Crippen LogP contribution in [0.15, 0.2) is 492 Å². The van der Waals surface area contributed by atoms with Crippen molar-refractivity contribution in [3.8, 4) is 61.7 Å². The maximum absolute atomic E-state index is 7.44. The van der Waals surface area contributed by atoms with E-state index in [1.54, 1.807) is 0 Å². The van der Waals surface area contributed by atoms with Crippen molar-refractivity contribution in [3.05, 3.63) is 514 Å². The lowest BCUT2D eigenvalue weighted by Gasteiger charge is -2.27. The molecule has 0 unspecified atom stereocenters. The molecule has 0 aliphatic rings. The Morgan fingerprint density at radius 1 is 0.201 bits per heavy atom. The van der Waals surface area contributed by atoms with Gasteiger partial charge in [-0.2, -0.15) is 0 Å². The minimum Gasteiger partial charge on any atom is -0.311 e. The highest BCUT2D eigenvalue weighted by molar-refractivity contribution is 6.29. The van der Waals surface area contributed by atoms with Gasteiger partial charge in [-0.3, -0.25) is 4.98 Å². The number of hydrogen-bond donors (Lipinski definition) is 0. The molecule has 4 heterocycles. The molecular formula is C125H81N9. The number of rotatable bonds is 16. The van der Waals surface area contributed by atoms with Crippen LogP contribution in [0.1, 0.15) is 0 Å². The van der Waals surface area contributed by atoms with Crippen LogP contribution in [0, 0.1) is 13.1 Å². The van der Waals surface area contributed by atoms with Crippen molar-refractivity contribution < 1.29 is 0 Å². The summed E-state index contributed by atoms with van der Waals surface area (Å²) >= 11 is 0. The summed E-state index contributed by atoms with van der Waals surface area (Å²) in [5.41, 5.74) is 31.0. The van der Waals surface area contributed by atoms with Crippen molar-refractivity contribution >= 4 is 171 Å². The summed E-state index contributed by atoms with van der Waals surface area (Å²) in [6.45, 7) is 14.8. The van der Waals surface area contributed by atoms with E-state index < -0.39 is 0 Å². The summed E-state index contributed by atoms with van der Waals surface area (Å²) in [4.78, 5) is 18.6. The number of pyridine rings is 1. The fraction of sp³-hybridized carbons (Fsp3) is 0. The number of para-hydroxylation sites is 5. The Hall–Kier alpha value is -18.4. The van der Waals surface area contributed by atoms with Crippen LogP contribution in [-0.4, -0.2) is 18.7 Å². The van der Waals surface area contributed by atoms with E-state index in [4.69, 9.17) is 13.1 Å². The van der Waals surface area contributed by atoms with Gasteiger partial charge in [-0.05, 0) is 259 Å². The van der Waals surface area contributed by atoms with E-state index in [0.29, 0.717) is 11.4 Å². The van der Waals surface area contributed by atoms with Gasteiger partial charge in [-0.1, -0.05) is 297 Å². The summed E-state index contributed by atoms with van der Waals surface area (Å²) in [5.74, 6) is 0. The highest BCUT2D eigenvalue weighted by atomic mass is 15.2. The molecule has 134 heavy (non-hydrogen) atoms. The third-order valence-electron chi connectivity index (χ3n) is 26.3. The molecule has 626 valence electrons. The van der Waals surface area contributed by atoms with Gasteiger partial charge in [0.15, 0.2) is 11.4 Å². The molecule has 0 saturated carbocycles. The van der Waals surface area contributed by atoms with E-state index in [1.165, 1.54) is 159 Å². The fourth-order valence-corrected chi connectivity index (χ4v) is 20.3. The van der Waals surface area contributed by atoms with Crippen molar-refractivity contribution in [2.24, 2.45) is 0 Å². The quantitative estimate of drug-likeness (QED) is 0.0714. The highest BCUT2D eigenvalue weighted by Gasteiger charge is 2.26. The van der Waals surface area contributed by atoms with Crippen LogP contribution in [0.3, 0.4) is 0 Å². The first-order chi connectivity index (χ1) is 66.4. The number of nitrogens with zero attached hydrogens (tertiary/aromatic N) is 9. The Labute approximate surface area is 775 Å². The fourth-order valence-electron chi connectivity index (χ4n) is 20.3. The van der Waals surface area contributed by atoms with Crippen LogP contribution in [0.2, 0.25) is 0 Å². The zero-order valence-electron chi connectivity index (χ0n) is 72.8. The SMILES string of the molecule is [C-]#[N+]c1ccc(N(c2ccc(-c3ccc4c5c3ccc3cccc(c35)n4-c3ccccc3)cc2)c2cccc3ccccc23)cc1.[C-]#[N+]c1ccc(N(c2ccccc2)c2ccc(-c3ccc4c5c3ccc3cccc(c35)n4-c3ccccc3)cc2)cc1.c1ccc(N(c2ccc(-c3ccc4c5c3ccc3cccc(c35)n4-c3ccccc3)cc2)c2cccc(-c3ccccn3)c2)cc1. The second-order valence-electron chi connectivity index (χ2n) is 33.8. The number of benzene rings is 22. The van der Waals surface area contributed by atoms with E-state index in [-0.39, 0.29) is 0 Å². The predicted molar refractivity (Wildman–Crippen MR) is 562 cm³/mol. The van der Waals surface area contributed by atoms with Gasteiger partial charge in [0.1, 0.15) is 0 Å². The Morgan fingerprint density at radius 2 is 0.515 bits per heavy atom. The molecule has 0 fully saturated rings. The zero-order chi connectivity index (χ0) is 89.1. The topological polar surface area (TPSA) is 46.1 Å². The smallest absolute Gasteiger partial charge is 0.187 e. The van der Waals surface area contributed by atoms with Gasteiger partial charge in [0.25, 0.3) is 0 Å². The van der Waals surface area contributed by atoms with Crippen LogP contribution in [0.25, 0.3) is 180 Å². The number of anilines is 9. The number of fused-ring (bicyclic) bond motifs is 1. The molecule has 26 aromatic rings. The van der Waals surface area contributed by atoms with Gasteiger partial charge in [-0.25, -0.2) is 9.69 Å². The van der Waals surface area contributed by atoms with Gasteiger partial charge in [0.05, 0.1) is 57.6 Å². The molecule has 9 nitrogen and oxygen atoms in total. The van der Waals surface area contributed by atoms with Gasteiger partial charge < -0.3 is 28.4 Å². The molecule has 0 aliphatic heterocycles. The van der Waals surface area contributed by atoms with E-state index in [0.717, 1.165) is 62.4 Å². The lowest BCUT2D eigenvalue weighted by atomic mass is 9.94. The molecule has 0 saturated heterocycles. The molecule has 0 amide bonds. The van der Waals surface area contributed by atoms with Gasteiger partial charge in [-0.15, -0.1) is 0 Å². The van der Waals surface area contributed by atoms with Crippen LogP contribution in [0.4, 0.5) is 62.6 Å². The zero-order valence-corrected chi connectivity index (χ0v) is 72.8. The number of aromatic nitrogens is 4. The minimum absolute atomic E-state index is 0.631.